The van der Waals surface area contributed by atoms with Crippen molar-refractivity contribution in [2.45, 2.75) is 19.6 Å². The first-order valence-corrected chi connectivity index (χ1v) is 7.18. The Bertz CT molecular complexity index is 675. The second-order valence-corrected chi connectivity index (χ2v) is 5.89. The Morgan fingerprint density at radius 1 is 1.18 bits per heavy atom. The lowest BCUT2D eigenvalue weighted by Crippen LogP contribution is -2.42. The summed E-state index contributed by atoms with van der Waals surface area (Å²) in [6.45, 7) is 3.08. The number of carbonyl (C=O) groups excluding carboxylic acids is 2. The first-order valence-electron chi connectivity index (χ1n) is 6.39. The van der Waals surface area contributed by atoms with Crippen molar-refractivity contribution in [3.8, 4) is 11.5 Å². The van der Waals surface area contributed by atoms with Crippen LogP contribution in [0.4, 0.5) is 5.69 Å². The minimum absolute atomic E-state index is 0.106. The second kappa shape index (κ2) is 5.20. The number of anilines is 1. The summed E-state index contributed by atoms with van der Waals surface area (Å²) in [5.74, 6) is -1.72. The Kier molecular flexibility index (Phi) is 3.48. The van der Waals surface area contributed by atoms with E-state index >= 15 is 0 Å². The topological polar surface area (TPSA) is 83.1 Å². The molecule has 0 aromatic heterocycles. The van der Waals surface area contributed by atoms with E-state index in [4.69, 9.17) is 18.9 Å². The van der Waals surface area contributed by atoms with E-state index in [0.29, 0.717) is 21.7 Å². The number of fused-ring (bicyclic) bond motifs is 1. The molecule has 0 bridgehead atoms. The van der Waals surface area contributed by atoms with Gasteiger partial charge >= 0.3 is 11.9 Å². The van der Waals surface area contributed by atoms with E-state index in [-0.39, 0.29) is 12.4 Å². The van der Waals surface area contributed by atoms with Gasteiger partial charge in [-0.05, 0) is 28.1 Å². The molecule has 1 aromatic carbocycles. The van der Waals surface area contributed by atoms with Crippen LogP contribution in [0.25, 0.3) is 0 Å². The maximum absolute atomic E-state index is 11.9. The summed E-state index contributed by atoms with van der Waals surface area (Å²) in [5.41, 5.74) is 0.302. The molecule has 0 atom stereocenters. The van der Waals surface area contributed by atoms with E-state index in [9.17, 15) is 9.59 Å². The maximum Gasteiger partial charge on any atom is 0.350 e. The lowest BCUT2D eigenvalue weighted by Gasteiger charge is -2.29. The number of rotatable bonds is 2. The SMILES string of the molecule is CC1(C)OC(=O)C(=CNc2c(Br)ccc3c2OCO3)C(=O)O1. The molecule has 0 unspecified atom stereocenters. The summed E-state index contributed by atoms with van der Waals surface area (Å²) in [6, 6.07) is 3.51. The number of halogens is 1. The van der Waals surface area contributed by atoms with Crippen LogP contribution in [-0.2, 0) is 19.1 Å². The molecule has 2 aliphatic heterocycles. The van der Waals surface area contributed by atoms with Crippen molar-refractivity contribution >= 4 is 33.6 Å². The van der Waals surface area contributed by atoms with Gasteiger partial charge < -0.3 is 24.3 Å². The third kappa shape index (κ3) is 2.61. The van der Waals surface area contributed by atoms with Crippen molar-refractivity contribution in [3.05, 3.63) is 28.4 Å². The van der Waals surface area contributed by atoms with Gasteiger partial charge in [-0.15, -0.1) is 0 Å². The van der Waals surface area contributed by atoms with E-state index in [1.165, 1.54) is 20.0 Å². The van der Waals surface area contributed by atoms with Gasteiger partial charge in [-0.1, -0.05) is 0 Å². The van der Waals surface area contributed by atoms with Gasteiger partial charge in [0, 0.05) is 24.5 Å². The van der Waals surface area contributed by atoms with Gasteiger partial charge in [-0.3, -0.25) is 0 Å². The molecule has 0 amide bonds. The molecule has 3 rings (SSSR count). The Balaban J connectivity index is 1.88. The van der Waals surface area contributed by atoms with Gasteiger partial charge in [-0.2, -0.15) is 0 Å². The zero-order valence-electron chi connectivity index (χ0n) is 11.8. The highest BCUT2D eigenvalue weighted by molar-refractivity contribution is 9.10. The maximum atomic E-state index is 11.9. The van der Waals surface area contributed by atoms with Crippen LogP contribution in [0.1, 0.15) is 13.8 Å². The largest absolute Gasteiger partial charge is 0.454 e. The fourth-order valence-corrected chi connectivity index (χ4v) is 2.43. The number of cyclic esters (lactones) is 2. The third-order valence-electron chi connectivity index (χ3n) is 2.97. The highest BCUT2D eigenvalue weighted by atomic mass is 79.9. The summed E-state index contributed by atoms with van der Waals surface area (Å²) >= 11 is 3.36. The van der Waals surface area contributed by atoms with Gasteiger partial charge in [0.15, 0.2) is 17.1 Å². The molecule has 0 aliphatic carbocycles. The molecule has 1 aromatic rings. The molecule has 8 heteroatoms. The van der Waals surface area contributed by atoms with Crippen molar-refractivity contribution in [2.24, 2.45) is 0 Å². The number of benzene rings is 1. The van der Waals surface area contributed by atoms with Crippen LogP contribution in [0.2, 0.25) is 0 Å². The predicted molar refractivity (Wildman–Crippen MR) is 78.2 cm³/mol. The van der Waals surface area contributed by atoms with Crippen molar-refractivity contribution in [1.29, 1.82) is 0 Å². The summed E-state index contributed by atoms with van der Waals surface area (Å²) in [4.78, 5) is 23.7. The number of hydrogen-bond donors (Lipinski definition) is 1. The molecular weight excluding hydrogens is 358 g/mol. The molecule has 2 aliphatic rings. The minimum Gasteiger partial charge on any atom is -0.454 e. The molecule has 1 saturated heterocycles. The summed E-state index contributed by atoms with van der Waals surface area (Å²) in [5, 5.41) is 2.86. The van der Waals surface area contributed by atoms with Gasteiger partial charge in [0.05, 0.1) is 5.69 Å². The molecule has 1 fully saturated rings. The Hall–Kier alpha value is -2.22. The molecular formula is C14H12BrNO6. The zero-order chi connectivity index (χ0) is 15.9. The number of esters is 2. The molecule has 22 heavy (non-hydrogen) atoms. The standard InChI is InChI=1S/C14H12BrNO6/c1-14(2)21-12(17)7(13(18)22-14)5-16-10-8(15)3-4-9-11(10)20-6-19-9/h3-5,16H,6H2,1-2H3. The first kappa shape index (κ1) is 14.7. The van der Waals surface area contributed by atoms with E-state index in [1.54, 1.807) is 12.1 Å². The molecule has 0 spiro atoms. The lowest BCUT2D eigenvalue weighted by molar-refractivity contribution is -0.222. The minimum atomic E-state index is -1.27. The zero-order valence-corrected chi connectivity index (χ0v) is 13.4. The lowest BCUT2D eigenvalue weighted by atomic mass is 10.2. The van der Waals surface area contributed by atoms with E-state index in [0.717, 1.165) is 0 Å². The quantitative estimate of drug-likeness (QED) is 0.486. The Morgan fingerprint density at radius 3 is 2.55 bits per heavy atom. The monoisotopic (exact) mass is 369 g/mol. The van der Waals surface area contributed by atoms with Gasteiger partial charge in [0.2, 0.25) is 6.79 Å². The van der Waals surface area contributed by atoms with Crippen LogP contribution in [0, 0.1) is 0 Å². The smallest absolute Gasteiger partial charge is 0.350 e. The van der Waals surface area contributed by atoms with Crippen LogP contribution in [0.5, 0.6) is 11.5 Å². The van der Waals surface area contributed by atoms with Crippen molar-refractivity contribution in [1.82, 2.24) is 0 Å². The fourth-order valence-electron chi connectivity index (χ4n) is 2.01. The predicted octanol–water partition coefficient (Wildman–Crippen LogP) is 2.31. The third-order valence-corrected chi connectivity index (χ3v) is 3.63. The van der Waals surface area contributed by atoms with Crippen LogP contribution in [0.15, 0.2) is 28.4 Å². The number of ether oxygens (including phenoxy) is 4. The van der Waals surface area contributed by atoms with E-state index in [2.05, 4.69) is 21.2 Å². The van der Waals surface area contributed by atoms with E-state index in [1.807, 2.05) is 0 Å². The molecule has 1 N–H and O–H groups in total. The van der Waals surface area contributed by atoms with Gasteiger partial charge in [-0.25, -0.2) is 9.59 Å². The van der Waals surface area contributed by atoms with Crippen molar-refractivity contribution in [2.75, 3.05) is 12.1 Å². The highest BCUT2D eigenvalue weighted by Crippen LogP contribution is 2.43. The van der Waals surface area contributed by atoms with Gasteiger partial charge in [0.25, 0.3) is 5.79 Å². The average molecular weight is 370 g/mol. The summed E-state index contributed by atoms with van der Waals surface area (Å²) in [7, 11) is 0. The molecule has 116 valence electrons. The number of hydrogen-bond acceptors (Lipinski definition) is 7. The molecule has 7 nitrogen and oxygen atoms in total. The number of carbonyl (C=O) groups is 2. The Labute approximate surface area is 134 Å². The van der Waals surface area contributed by atoms with Gasteiger partial charge in [0.1, 0.15) is 0 Å². The van der Waals surface area contributed by atoms with Crippen LogP contribution in [-0.4, -0.2) is 24.5 Å². The van der Waals surface area contributed by atoms with Crippen LogP contribution in [0.3, 0.4) is 0 Å². The molecule has 0 radical (unpaired) electrons. The average Bonchev–Trinajstić information content (AvgIpc) is 2.87. The summed E-state index contributed by atoms with van der Waals surface area (Å²) < 4.78 is 21.3. The normalized spacial score (nSPS) is 18.6. The number of nitrogens with one attached hydrogen (secondary N) is 1. The van der Waals surface area contributed by atoms with Crippen molar-refractivity contribution in [3.63, 3.8) is 0 Å². The van der Waals surface area contributed by atoms with Crippen LogP contribution < -0.4 is 14.8 Å². The Morgan fingerprint density at radius 2 is 1.86 bits per heavy atom. The first-order chi connectivity index (χ1) is 10.4. The molecule has 0 saturated carbocycles. The second-order valence-electron chi connectivity index (χ2n) is 5.04. The van der Waals surface area contributed by atoms with Crippen molar-refractivity contribution < 1.29 is 28.5 Å². The highest BCUT2D eigenvalue weighted by Gasteiger charge is 2.39. The summed E-state index contributed by atoms with van der Waals surface area (Å²) in [6.07, 6.45) is 1.22. The van der Waals surface area contributed by atoms with E-state index < -0.39 is 17.7 Å². The molecule has 2 heterocycles. The van der Waals surface area contributed by atoms with Crippen LogP contribution >= 0.6 is 15.9 Å². The fraction of sp³-hybridized carbons (Fsp3) is 0.286.